The molecule has 6 nitrogen and oxygen atoms in total. The van der Waals surface area contributed by atoms with E-state index in [0.29, 0.717) is 24.9 Å². The Bertz CT molecular complexity index is 515. The molecule has 2 fully saturated rings. The lowest BCUT2D eigenvalue weighted by molar-refractivity contribution is -0.123. The lowest BCUT2D eigenvalue weighted by Gasteiger charge is -2.33. The molecule has 0 radical (unpaired) electrons. The third kappa shape index (κ3) is 4.65. The molecule has 1 aliphatic heterocycles. The highest BCUT2D eigenvalue weighted by molar-refractivity contribution is 5.95. The van der Waals surface area contributed by atoms with E-state index in [9.17, 15) is 9.59 Å². The standard InChI is InChI=1S/C17H25N3O3/c21-15(16-6-3-11-23-16)12-19-7-9-20(10-8-19)13-17(22)18-14-4-1-2-5-14/h3,6,11,14H,1-2,4-5,7-10,12-13H2,(H,18,22). The van der Waals surface area contributed by atoms with Gasteiger partial charge in [0.05, 0.1) is 19.4 Å². The summed E-state index contributed by atoms with van der Waals surface area (Å²) in [4.78, 5) is 28.3. The molecule has 0 spiro atoms. The van der Waals surface area contributed by atoms with Gasteiger partial charge in [-0.3, -0.25) is 19.4 Å². The van der Waals surface area contributed by atoms with Crippen LogP contribution >= 0.6 is 0 Å². The molecule has 1 aliphatic carbocycles. The van der Waals surface area contributed by atoms with E-state index < -0.39 is 0 Å². The summed E-state index contributed by atoms with van der Waals surface area (Å²) in [6.45, 7) is 4.12. The number of carbonyl (C=O) groups excluding carboxylic acids is 2. The Morgan fingerprint density at radius 3 is 2.35 bits per heavy atom. The van der Waals surface area contributed by atoms with Crippen molar-refractivity contribution in [3.8, 4) is 0 Å². The van der Waals surface area contributed by atoms with Crippen LogP contribution in [-0.4, -0.2) is 66.8 Å². The van der Waals surface area contributed by atoms with E-state index in [1.54, 1.807) is 12.1 Å². The smallest absolute Gasteiger partial charge is 0.234 e. The van der Waals surface area contributed by atoms with Crippen molar-refractivity contribution < 1.29 is 14.0 Å². The normalized spacial score (nSPS) is 20.7. The van der Waals surface area contributed by atoms with Crippen LogP contribution in [0.5, 0.6) is 0 Å². The number of Topliss-reactive ketones (excluding diaryl/α,β-unsaturated/α-hetero) is 1. The van der Waals surface area contributed by atoms with Crippen molar-refractivity contribution in [2.75, 3.05) is 39.3 Å². The Morgan fingerprint density at radius 1 is 1.09 bits per heavy atom. The summed E-state index contributed by atoms with van der Waals surface area (Å²) in [6.07, 6.45) is 6.22. The molecule has 0 aromatic carbocycles. The van der Waals surface area contributed by atoms with Crippen LogP contribution in [0.25, 0.3) is 0 Å². The molecule has 0 atom stereocenters. The summed E-state index contributed by atoms with van der Waals surface area (Å²) >= 11 is 0. The molecule has 0 unspecified atom stereocenters. The first-order chi connectivity index (χ1) is 11.2. The van der Waals surface area contributed by atoms with E-state index in [2.05, 4.69) is 15.1 Å². The van der Waals surface area contributed by atoms with Crippen LogP contribution in [0.15, 0.2) is 22.8 Å². The maximum absolute atomic E-state index is 12.0. The van der Waals surface area contributed by atoms with Gasteiger partial charge < -0.3 is 9.73 Å². The van der Waals surface area contributed by atoms with Crippen molar-refractivity contribution >= 4 is 11.7 Å². The average molecular weight is 319 g/mol. The summed E-state index contributed by atoms with van der Waals surface area (Å²) in [5.74, 6) is 0.572. The summed E-state index contributed by atoms with van der Waals surface area (Å²) in [7, 11) is 0. The molecule has 1 saturated heterocycles. The predicted molar refractivity (Wildman–Crippen MR) is 86.3 cm³/mol. The van der Waals surface area contributed by atoms with Crippen LogP contribution in [0.4, 0.5) is 0 Å². The van der Waals surface area contributed by atoms with Crippen molar-refractivity contribution in [1.29, 1.82) is 0 Å². The van der Waals surface area contributed by atoms with Crippen LogP contribution in [0.1, 0.15) is 36.2 Å². The Labute approximate surface area is 136 Å². The maximum Gasteiger partial charge on any atom is 0.234 e. The molecule has 2 heterocycles. The van der Waals surface area contributed by atoms with Crippen molar-refractivity contribution in [2.24, 2.45) is 0 Å². The van der Waals surface area contributed by atoms with E-state index in [1.807, 2.05) is 0 Å². The fourth-order valence-corrected chi connectivity index (χ4v) is 3.37. The highest BCUT2D eigenvalue weighted by Crippen LogP contribution is 2.17. The molecule has 1 aromatic rings. The minimum Gasteiger partial charge on any atom is -0.461 e. The molecule has 0 bridgehead atoms. The van der Waals surface area contributed by atoms with Crippen molar-refractivity contribution in [1.82, 2.24) is 15.1 Å². The second-order valence-electron chi connectivity index (χ2n) is 6.50. The molecule has 23 heavy (non-hydrogen) atoms. The summed E-state index contributed by atoms with van der Waals surface area (Å²) < 4.78 is 5.13. The first kappa shape index (κ1) is 16.2. The number of carbonyl (C=O) groups is 2. The van der Waals surface area contributed by atoms with Gasteiger partial charge >= 0.3 is 0 Å². The van der Waals surface area contributed by atoms with Gasteiger partial charge in [0.1, 0.15) is 0 Å². The quantitative estimate of drug-likeness (QED) is 0.797. The predicted octanol–water partition coefficient (Wildman–Crippen LogP) is 1.14. The van der Waals surface area contributed by atoms with Crippen molar-refractivity contribution in [3.05, 3.63) is 24.2 Å². The van der Waals surface area contributed by atoms with Crippen LogP contribution in [0.3, 0.4) is 0 Å². The number of furan rings is 1. The molecule has 1 amide bonds. The Balaban J connectivity index is 1.36. The number of piperazine rings is 1. The molecule has 6 heteroatoms. The Morgan fingerprint density at radius 2 is 1.74 bits per heavy atom. The number of nitrogens with zero attached hydrogens (tertiary/aromatic N) is 2. The van der Waals surface area contributed by atoms with Crippen molar-refractivity contribution in [3.63, 3.8) is 0 Å². The minimum atomic E-state index is 0.0161. The topological polar surface area (TPSA) is 65.8 Å². The van der Waals surface area contributed by atoms with Crippen LogP contribution in [-0.2, 0) is 4.79 Å². The average Bonchev–Trinajstić information content (AvgIpc) is 3.22. The van der Waals surface area contributed by atoms with E-state index in [-0.39, 0.29) is 11.7 Å². The second-order valence-corrected chi connectivity index (χ2v) is 6.50. The van der Waals surface area contributed by atoms with Gasteiger partial charge in [-0.05, 0) is 25.0 Å². The van der Waals surface area contributed by atoms with Crippen LogP contribution in [0, 0.1) is 0 Å². The molecule has 1 N–H and O–H groups in total. The fraction of sp³-hybridized carbons (Fsp3) is 0.647. The van der Waals surface area contributed by atoms with E-state index in [4.69, 9.17) is 4.42 Å². The van der Waals surface area contributed by atoms with E-state index in [0.717, 1.165) is 39.0 Å². The van der Waals surface area contributed by atoms with E-state index >= 15 is 0 Å². The zero-order valence-electron chi connectivity index (χ0n) is 13.5. The monoisotopic (exact) mass is 319 g/mol. The van der Waals surface area contributed by atoms with Gasteiger partial charge in [0.25, 0.3) is 0 Å². The molecular weight excluding hydrogens is 294 g/mol. The van der Waals surface area contributed by atoms with Crippen molar-refractivity contribution in [2.45, 2.75) is 31.7 Å². The first-order valence-corrected chi connectivity index (χ1v) is 8.51. The van der Waals surface area contributed by atoms with Gasteiger partial charge in [-0.2, -0.15) is 0 Å². The van der Waals surface area contributed by atoms with E-state index in [1.165, 1.54) is 19.1 Å². The second kappa shape index (κ2) is 7.75. The maximum atomic E-state index is 12.0. The molecular formula is C17H25N3O3. The fourth-order valence-electron chi connectivity index (χ4n) is 3.37. The molecule has 1 aromatic heterocycles. The first-order valence-electron chi connectivity index (χ1n) is 8.51. The lowest BCUT2D eigenvalue weighted by atomic mass is 10.2. The Hall–Kier alpha value is -1.66. The van der Waals surface area contributed by atoms with Crippen LogP contribution < -0.4 is 5.32 Å². The number of ketones is 1. The van der Waals surface area contributed by atoms with Gasteiger partial charge in [0.2, 0.25) is 11.7 Å². The lowest BCUT2D eigenvalue weighted by Crippen LogP contribution is -2.51. The van der Waals surface area contributed by atoms with Gasteiger partial charge in [0.15, 0.2) is 5.76 Å². The third-order valence-electron chi connectivity index (χ3n) is 4.72. The largest absolute Gasteiger partial charge is 0.461 e. The molecule has 2 aliphatic rings. The molecule has 126 valence electrons. The summed E-state index contributed by atoms with van der Waals surface area (Å²) in [5.41, 5.74) is 0. The Kier molecular flexibility index (Phi) is 5.46. The highest BCUT2D eigenvalue weighted by Gasteiger charge is 2.23. The minimum absolute atomic E-state index is 0.0161. The van der Waals surface area contributed by atoms with Crippen LogP contribution in [0.2, 0.25) is 0 Å². The van der Waals surface area contributed by atoms with Gasteiger partial charge in [-0.25, -0.2) is 0 Å². The zero-order chi connectivity index (χ0) is 16.1. The van der Waals surface area contributed by atoms with Gasteiger partial charge in [-0.15, -0.1) is 0 Å². The van der Waals surface area contributed by atoms with Gasteiger partial charge in [0, 0.05) is 32.2 Å². The number of nitrogens with one attached hydrogen (secondary N) is 1. The SMILES string of the molecule is O=C(CN1CCN(CC(=O)c2ccco2)CC1)NC1CCCC1. The highest BCUT2D eigenvalue weighted by atomic mass is 16.3. The molecule has 1 saturated carbocycles. The summed E-state index contributed by atoms with van der Waals surface area (Å²) in [6, 6.07) is 3.81. The number of hydrogen-bond acceptors (Lipinski definition) is 5. The summed E-state index contributed by atoms with van der Waals surface area (Å²) in [5, 5.41) is 3.13. The third-order valence-corrected chi connectivity index (χ3v) is 4.72. The van der Waals surface area contributed by atoms with Gasteiger partial charge in [-0.1, -0.05) is 12.8 Å². The zero-order valence-corrected chi connectivity index (χ0v) is 13.5. The number of hydrogen-bond donors (Lipinski definition) is 1. The molecule has 3 rings (SSSR count). The number of rotatable bonds is 6. The number of amides is 1.